The summed E-state index contributed by atoms with van der Waals surface area (Å²) in [5.41, 5.74) is 5.54. The Morgan fingerprint density at radius 1 is 1.86 bits per heavy atom. The number of nitriles is 1. The molecule has 2 N–H and O–H groups in total. The van der Waals surface area contributed by atoms with Crippen LogP contribution in [-0.2, 0) is 9.63 Å². The number of aromatic nitrogens is 1. The van der Waals surface area contributed by atoms with E-state index in [1.165, 1.54) is 11.3 Å². The number of thiazole rings is 1. The van der Waals surface area contributed by atoms with E-state index < -0.39 is 0 Å². The van der Waals surface area contributed by atoms with Crippen LogP contribution < -0.4 is 5.73 Å². The fourth-order valence-corrected chi connectivity index (χ4v) is 1.19. The highest BCUT2D eigenvalue weighted by molar-refractivity contribution is 7.13. The molecule has 1 rings (SSSR count). The number of nitrogens with zero attached hydrogens (tertiary/aromatic N) is 3. The number of hydrogen-bond acceptors (Lipinski definition) is 7. The Bertz CT molecular complexity index is 393. The summed E-state index contributed by atoms with van der Waals surface area (Å²) in [6, 6.07) is 1.70. The normalized spacial score (nSPS) is 10.6. The molecule has 0 atom stereocenters. The Balaban J connectivity index is 2.77. The second kappa shape index (κ2) is 4.94. The molecule has 14 heavy (non-hydrogen) atoms. The predicted octanol–water partition coefficient (Wildman–Crippen LogP) is 0.0793. The first kappa shape index (κ1) is 10.1. The minimum Gasteiger partial charge on any atom is -0.380 e. The van der Waals surface area contributed by atoms with Crippen molar-refractivity contribution in [3.63, 3.8) is 0 Å². The van der Waals surface area contributed by atoms with Crippen LogP contribution in [-0.4, -0.2) is 23.6 Å². The highest BCUT2D eigenvalue weighted by Crippen LogP contribution is 2.11. The lowest BCUT2D eigenvalue weighted by atomic mass is 10.3. The van der Waals surface area contributed by atoms with Crippen LogP contribution in [0.2, 0.25) is 0 Å². The van der Waals surface area contributed by atoms with E-state index in [1.54, 1.807) is 17.7 Å². The van der Waals surface area contributed by atoms with Gasteiger partial charge in [-0.2, -0.15) is 5.26 Å². The van der Waals surface area contributed by atoms with E-state index in [0.717, 1.165) is 0 Å². The van der Waals surface area contributed by atoms with Gasteiger partial charge in [-0.15, -0.1) is 11.3 Å². The number of carbonyl (C=O) groups excluding carboxylic acids is 1. The first-order valence-electron chi connectivity index (χ1n) is 3.44. The van der Waals surface area contributed by atoms with E-state index in [9.17, 15) is 4.79 Å². The Labute approximate surface area is 83.6 Å². The summed E-state index contributed by atoms with van der Waals surface area (Å²) in [5.74, 6) is 0. The van der Waals surface area contributed by atoms with Gasteiger partial charge in [0.05, 0.1) is 0 Å². The second-order valence-corrected chi connectivity index (χ2v) is 2.93. The second-order valence-electron chi connectivity index (χ2n) is 2.04. The van der Waals surface area contributed by atoms with Gasteiger partial charge in [-0.3, -0.25) is 4.79 Å². The number of nitrogen functional groups attached to an aromatic ring is 1. The average molecular weight is 209 g/mol. The van der Waals surface area contributed by atoms with E-state index >= 15 is 0 Å². The predicted molar refractivity (Wildman–Crippen MR) is 50.3 cm³/mol. The van der Waals surface area contributed by atoms with Gasteiger partial charge in [0.1, 0.15) is 11.8 Å². The Morgan fingerprint density at radius 2 is 2.64 bits per heavy atom. The third-order valence-electron chi connectivity index (χ3n) is 1.15. The van der Waals surface area contributed by atoms with Gasteiger partial charge in [0, 0.05) is 5.38 Å². The van der Waals surface area contributed by atoms with Gasteiger partial charge in [0.25, 0.3) is 6.29 Å². The van der Waals surface area contributed by atoms with E-state index in [1.807, 2.05) is 0 Å². The summed E-state index contributed by atoms with van der Waals surface area (Å²) in [7, 11) is 0. The average Bonchev–Trinajstić information content (AvgIpc) is 2.60. The molecule has 0 saturated heterocycles. The fourth-order valence-electron chi connectivity index (χ4n) is 0.640. The summed E-state index contributed by atoms with van der Waals surface area (Å²) in [6.45, 7) is -0.231. The molecule has 1 heterocycles. The van der Waals surface area contributed by atoms with Crippen molar-refractivity contribution in [3.05, 3.63) is 11.1 Å². The highest BCUT2D eigenvalue weighted by Gasteiger charge is 2.08. The van der Waals surface area contributed by atoms with Crippen LogP contribution in [0.5, 0.6) is 0 Å². The van der Waals surface area contributed by atoms with Gasteiger partial charge in [-0.05, 0) is 0 Å². The molecule has 0 aliphatic heterocycles. The number of rotatable bonds is 4. The molecule has 1 aromatic heterocycles. The molecule has 1 radical (unpaired) electrons. The number of nitrogens with two attached hydrogens (primary N) is 1. The maximum Gasteiger partial charge on any atom is 0.259 e. The Hall–Kier alpha value is -1.94. The van der Waals surface area contributed by atoms with Crippen LogP contribution in [0.1, 0.15) is 5.69 Å². The monoisotopic (exact) mass is 209 g/mol. The summed E-state index contributed by atoms with van der Waals surface area (Å²) in [6.07, 6.45) is 1.54. The van der Waals surface area contributed by atoms with Gasteiger partial charge in [-0.1, -0.05) is 5.16 Å². The van der Waals surface area contributed by atoms with Crippen molar-refractivity contribution in [1.82, 2.24) is 4.98 Å². The zero-order chi connectivity index (χ0) is 10.4. The Morgan fingerprint density at radius 3 is 3.14 bits per heavy atom. The molecule has 0 spiro atoms. The van der Waals surface area contributed by atoms with Crippen molar-refractivity contribution in [2.45, 2.75) is 0 Å². The SMILES string of the molecule is N#CCON=C([C]=O)c1csc(N)n1. The molecule has 0 aliphatic rings. The summed E-state index contributed by atoms with van der Waals surface area (Å²) in [5, 5.41) is 13.4. The van der Waals surface area contributed by atoms with Gasteiger partial charge >= 0.3 is 0 Å². The fraction of sp³-hybridized carbons (Fsp3) is 0.143. The maximum atomic E-state index is 10.4. The molecule has 71 valence electrons. The Kier molecular flexibility index (Phi) is 3.58. The first-order chi connectivity index (χ1) is 6.77. The van der Waals surface area contributed by atoms with E-state index in [0.29, 0.717) is 10.8 Å². The van der Waals surface area contributed by atoms with E-state index in [4.69, 9.17) is 11.0 Å². The van der Waals surface area contributed by atoms with Crippen LogP contribution in [0.15, 0.2) is 10.5 Å². The van der Waals surface area contributed by atoms with E-state index in [-0.39, 0.29) is 12.3 Å². The van der Waals surface area contributed by atoms with Crippen molar-refractivity contribution in [1.29, 1.82) is 5.26 Å². The summed E-state index contributed by atoms with van der Waals surface area (Å²) >= 11 is 1.17. The third kappa shape index (κ3) is 2.53. The van der Waals surface area contributed by atoms with Crippen LogP contribution >= 0.6 is 11.3 Å². The van der Waals surface area contributed by atoms with Gasteiger partial charge in [-0.25, -0.2) is 4.98 Å². The minimum absolute atomic E-state index is 0.104. The lowest BCUT2D eigenvalue weighted by molar-refractivity contribution is 0.179. The number of oxime groups is 1. The van der Waals surface area contributed by atoms with Crippen molar-refractivity contribution in [3.8, 4) is 6.07 Å². The minimum atomic E-state index is -0.231. The molecule has 1 aromatic rings. The largest absolute Gasteiger partial charge is 0.380 e. The van der Waals surface area contributed by atoms with Crippen LogP contribution in [0.3, 0.4) is 0 Å². The van der Waals surface area contributed by atoms with Crippen molar-refractivity contribution in [2.75, 3.05) is 12.3 Å². The van der Waals surface area contributed by atoms with Crippen LogP contribution in [0, 0.1) is 11.3 Å². The van der Waals surface area contributed by atoms with Crippen LogP contribution in [0.4, 0.5) is 5.13 Å². The van der Waals surface area contributed by atoms with Crippen LogP contribution in [0.25, 0.3) is 0 Å². The third-order valence-corrected chi connectivity index (χ3v) is 1.82. The molecule has 0 fully saturated rings. The molecule has 0 amide bonds. The first-order valence-corrected chi connectivity index (χ1v) is 4.32. The standard InChI is InChI=1S/C7H5N4O2S/c8-1-2-13-11-5(3-12)6-4-14-7(9)10-6/h4H,2H2,(H2,9,10). The molecular weight excluding hydrogens is 204 g/mol. The topological polar surface area (TPSA) is 101 Å². The van der Waals surface area contributed by atoms with Gasteiger partial charge in [0.15, 0.2) is 10.8 Å². The maximum absolute atomic E-state index is 10.4. The summed E-state index contributed by atoms with van der Waals surface area (Å²) < 4.78 is 0. The molecule has 0 unspecified atom stereocenters. The highest BCUT2D eigenvalue weighted by atomic mass is 32.1. The molecule has 0 aliphatic carbocycles. The molecule has 0 bridgehead atoms. The molecular formula is C7H5N4O2S. The number of hydrogen-bond donors (Lipinski definition) is 1. The molecule has 6 nitrogen and oxygen atoms in total. The smallest absolute Gasteiger partial charge is 0.259 e. The molecule has 0 saturated carbocycles. The van der Waals surface area contributed by atoms with Gasteiger partial charge < -0.3 is 10.6 Å². The lowest BCUT2D eigenvalue weighted by Gasteiger charge is -1.92. The molecule has 7 heteroatoms. The van der Waals surface area contributed by atoms with Crippen molar-refractivity contribution >= 4 is 28.5 Å². The zero-order valence-corrected chi connectivity index (χ0v) is 7.74. The van der Waals surface area contributed by atoms with Crippen molar-refractivity contribution < 1.29 is 9.63 Å². The lowest BCUT2D eigenvalue weighted by Crippen LogP contribution is -2.04. The number of anilines is 1. The zero-order valence-electron chi connectivity index (χ0n) is 6.93. The van der Waals surface area contributed by atoms with Crippen molar-refractivity contribution in [2.24, 2.45) is 5.16 Å². The van der Waals surface area contributed by atoms with E-state index in [2.05, 4.69) is 15.0 Å². The molecule has 0 aromatic carbocycles. The van der Waals surface area contributed by atoms with Gasteiger partial charge in [0.2, 0.25) is 6.61 Å². The quantitative estimate of drug-likeness (QED) is 0.430. The summed E-state index contributed by atoms with van der Waals surface area (Å²) in [4.78, 5) is 18.7.